The highest BCUT2D eigenvalue weighted by molar-refractivity contribution is 9.10. The highest BCUT2D eigenvalue weighted by atomic mass is 79.9. The molecule has 2 nitrogen and oxygen atoms in total. The minimum atomic E-state index is 0.140. The topological polar surface area (TPSA) is 29.3 Å². The third kappa shape index (κ3) is 2.88. The monoisotopic (exact) mass is 344 g/mol. The molecule has 0 aliphatic heterocycles. The summed E-state index contributed by atoms with van der Waals surface area (Å²) < 4.78 is 1.70. The van der Waals surface area contributed by atoms with Crippen LogP contribution in [-0.4, -0.2) is 13.6 Å². The summed E-state index contributed by atoms with van der Waals surface area (Å²) in [4.78, 5) is 3.34. The summed E-state index contributed by atoms with van der Waals surface area (Å²) in [5, 5.41) is 0. The number of likely N-dealkylation sites (N-methyl/N-ethyl adjacent to an activating group) is 1. The van der Waals surface area contributed by atoms with Gasteiger partial charge in [-0.2, -0.15) is 0 Å². The van der Waals surface area contributed by atoms with Crippen LogP contribution < -0.4 is 10.6 Å². The maximum Gasteiger partial charge on any atom is 0.107 e. The Morgan fingerprint density at radius 3 is 2.56 bits per heavy atom. The number of halogens is 2. The molecule has 0 amide bonds. The smallest absolute Gasteiger partial charge is 0.107 e. The van der Waals surface area contributed by atoms with Crippen LogP contribution in [0.5, 0.6) is 0 Å². The highest BCUT2D eigenvalue weighted by Crippen LogP contribution is 2.37. The zero-order chi connectivity index (χ0) is 13.1. The summed E-state index contributed by atoms with van der Waals surface area (Å²) in [5.41, 5.74) is 7.06. The van der Waals surface area contributed by atoms with Gasteiger partial charge < -0.3 is 10.6 Å². The Bertz CT molecular complexity index is 495. The number of hydrogen-bond acceptors (Lipinski definition) is 3. The van der Waals surface area contributed by atoms with E-state index in [2.05, 4.69) is 33.0 Å². The standard InChI is InChI=1S/C13H14BrClN2S/c1-17(9-5-3-2-4-6-9)11(8-16)12-7-10(14)13(15)18-12/h2-7,11H,8,16H2,1H3. The fraction of sp³-hybridized carbons (Fsp3) is 0.231. The van der Waals surface area contributed by atoms with E-state index in [0.29, 0.717) is 6.54 Å². The zero-order valence-corrected chi connectivity index (χ0v) is 13.1. The molecule has 0 saturated carbocycles. The van der Waals surface area contributed by atoms with Crippen LogP contribution >= 0.6 is 38.9 Å². The van der Waals surface area contributed by atoms with Gasteiger partial charge in [0, 0.05) is 28.6 Å². The van der Waals surface area contributed by atoms with E-state index in [9.17, 15) is 0 Å². The molecule has 2 N–H and O–H groups in total. The van der Waals surface area contributed by atoms with E-state index in [1.54, 1.807) is 11.3 Å². The van der Waals surface area contributed by atoms with Crippen LogP contribution in [0.2, 0.25) is 4.34 Å². The SMILES string of the molecule is CN(c1ccccc1)C(CN)c1cc(Br)c(Cl)s1. The van der Waals surface area contributed by atoms with Crippen LogP contribution in [0.1, 0.15) is 10.9 Å². The molecule has 0 aliphatic carbocycles. The first-order chi connectivity index (χ1) is 8.63. The summed E-state index contributed by atoms with van der Waals surface area (Å²) in [5.74, 6) is 0. The first-order valence-corrected chi connectivity index (χ1v) is 7.55. The number of benzene rings is 1. The number of anilines is 1. The maximum atomic E-state index is 6.09. The van der Waals surface area contributed by atoms with E-state index < -0.39 is 0 Å². The molecule has 1 atom stereocenters. The van der Waals surface area contributed by atoms with Crippen molar-refractivity contribution in [3.63, 3.8) is 0 Å². The lowest BCUT2D eigenvalue weighted by atomic mass is 10.2. The van der Waals surface area contributed by atoms with Gasteiger partial charge in [-0.1, -0.05) is 29.8 Å². The van der Waals surface area contributed by atoms with Gasteiger partial charge in [0.2, 0.25) is 0 Å². The molecule has 1 aromatic heterocycles. The third-order valence-electron chi connectivity index (χ3n) is 2.85. The quantitative estimate of drug-likeness (QED) is 0.895. The molecule has 96 valence electrons. The molecular formula is C13H14BrClN2S. The Balaban J connectivity index is 2.29. The largest absolute Gasteiger partial charge is 0.365 e. The number of para-hydroxylation sites is 1. The fourth-order valence-electron chi connectivity index (χ4n) is 1.84. The molecule has 2 rings (SSSR count). The van der Waals surface area contributed by atoms with Crippen molar-refractivity contribution >= 4 is 44.6 Å². The second kappa shape index (κ2) is 6.06. The Morgan fingerprint density at radius 2 is 2.06 bits per heavy atom. The minimum Gasteiger partial charge on any atom is -0.365 e. The zero-order valence-electron chi connectivity index (χ0n) is 9.94. The van der Waals surface area contributed by atoms with Gasteiger partial charge in [-0.15, -0.1) is 11.3 Å². The van der Waals surface area contributed by atoms with Crippen LogP contribution in [0.15, 0.2) is 40.9 Å². The lowest BCUT2D eigenvalue weighted by Crippen LogP contribution is -2.29. The van der Waals surface area contributed by atoms with E-state index in [1.165, 1.54) is 4.88 Å². The number of thiophene rings is 1. The van der Waals surface area contributed by atoms with Crippen molar-refractivity contribution in [2.75, 3.05) is 18.5 Å². The van der Waals surface area contributed by atoms with Crippen molar-refractivity contribution in [1.82, 2.24) is 0 Å². The Hall–Kier alpha value is -0.550. The van der Waals surface area contributed by atoms with Gasteiger partial charge in [-0.05, 0) is 34.1 Å². The first kappa shape index (κ1) is 13.9. The summed E-state index contributed by atoms with van der Waals surface area (Å²) in [7, 11) is 2.05. The average Bonchev–Trinajstić information content (AvgIpc) is 2.71. The molecule has 0 saturated heterocycles. The van der Waals surface area contributed by atoms with Gasteiger partial charge in [0.05, 0.1) is 6.04 Å². The number of hydrogen-bond donors (Lipinski definition) is 1. The van der Waals surface area contributed by atoms with E-state index >= 15 is 0 Å². The number of nitrogens with zero attached hydrogens (tertiary/aromatic N) is 1. The molecule has 0 fully saturated rings. The predicted molar refractivity (Wildman–Crippen MR) is 83.7 cm³/mol. The van der Waals surface area contributed by atoms with Crippen LogP contribution in [0.25, 0.3) is 0 Å². The molecule has 1 unspecified atom stereocenters. The molecular weight excluding hydrogens is 332 g/mol. The van der Waals surface area contributed by atoms with E-state index in [0.717, 1.165) is 14.5 Å². The fourth-order valence-corrected chi connectivity index (χ4v) is 3.73. The number of nitrogens with two attached hydrogens (primary N) is 1. The first-order valence-electron chi connectivity index (χ1n) is 5.56. The highest BCUT2D eigenvalue weighted by Gasteiger charge is 2.19. The summed E-state index contributed by atoms with van der Waals surface area (Å²) in [6, 6.07) is 12.4. The maximum absolute atomic E-state index is 6.09. The van der Waals surface area contributed by atoms with Crippen molar-refractivity contribution in [2.45, 2.75) is 6.04 Å². The van der Waals surface area contributed by atoms with Gasteiger partial charge in [0.15, 0.2) is 0 Å². The molecule has 1 heterocycles. The molecule has 0 radical (unpaired) electrons. The van der Waals surface area contributed by atoms with Crippen LogP contribution in [0.3, 0.4) is 0 Å². The molecule has 1 aromatic carbocycles. The van der Waals surface area contributed by atoms with E-state index in [4.69, 9.17) is 17.3 Å². The lowest BCUT2D eigenvalue weighted by molar-refractivity contribution is 0.692. The van der Waals surface area contributed by atoms with Gasteiger partial charge >= 0.3 is 0 Å². The van der Waals surface area contributed by atoms with Crippen molar-refractivity contribution in [2.24, 2.45) is 5.73 Å². The lowest BCUT2D eigenvalue weighted by Gasteiger charge is -2.28. The minimum absolute atomic E-state index is 0.140. The molecule has 0 bridgehead atoms. The van der Waals surface area contributed by atoms with Gasteiger partial charge in [-0.25, -0.2) is 0 Å². The van der Waals surface area contributed by atoms with Gasteiger partial charge in [0.1, 0.15) is 4.34 Å². The summed E-state index contributed by atoms with van der Waals surface area (Å²) in [6.07, 6.45) is 0. The van der Waals surface area contributed by atoms with Crippen molar-refractivity contribution in [3.05, 3.63) is 50.1 Å². The van der Waals surface area contributed by atoms with Crippen molar-refractivity contribution in [1.29, 1.82) is 0 Å². The number of rotatable bonds is 4. The molecule has 18 heavy (non-hydrogen) atoms. The van der Waals surface area contributed by atoms with E-state index in [1.807, 2.05) is 31.3 Å². The molecule has 5 heteroatoms. The average molecular weight is 346 g/mol. The summed E-state index contributed by atoms with van der Waals surface area (Å²) in [6.45, 7) is 0.550. The second-order valence-electron chi connectivity index (χ2n) is 3.97. The second-order valence-corrected chi connectivity index (χ2v) is 6.51. The van der Waals surface area contributed by atoms with Crippen molar-refractivity contribution in [3.8, 4) is 0 Å². The molecule has 0 spiro atoms. The normalized spacial score (nSPS) is 12.4. The van der Waals surface area contributed by atoms with Crippen LogP contribution in [0.4, 0.5) is 5.69 Å². The van der Waals surface area contributed by atoms with E-state index in [-0.39, 0.29) is 6.04 Å². The third-order valence-corrected chi connectivity index (χ3v) is 5.42. The van der Waals surface area contributed by atoms with Gasteiger partial charge in [0.25, 0.3) is 0 Å². The van der Waals surface area contributed by atoms with Crippen LogP contribution in [-0.2, 0) is 0 Å². The Kier molecular flexibility index (Phi) is 4.67. The van der Waals surface area contributed by atoms with Crippen molar-refractivity contribution < 1.29 is 0 Å². The summed E-state index contributed by atoms with van der Waals surface area (Å²) >= 11 is 11.1. The molecule has 0 aliphatic rings. The Labute approximate surface area is 124 Å². The van der Waals surface area contributed by atoms with Gasteiger partial charge in [-0.3, -0.25) is 0 Å². The van der Waals surface area contributed by atoms with Crippen LogP contribution in [0, 0.1) is 0 Å². The Morgan fingerprint density at radius 1 is 1.39 bits per heavy atom. The molecule has 2 aromatic rings. The predicted octanol–water partition coefficient (Wildman–Crippen LogP) is 4.30.